The van der Waals surface area contributed by atoms with Gasteiger partial charge in [0.05, 0.1) is 10.8 Å². The molecule has 1 unspecified atom stereocenters. The third-order valence-corrected chi connectivity index (χ3v) is 2.87. The van der Waals surface area contributed by atoms with E-state index in [2.05, 4.69) is 0 Å². The van der Waals surface area contributed by atoms with Crippen molar-refractivity contribution in [2.45, 2.75) is 6.92 Å². The molecule has 0 heterocycles. The fourth-order valence-corrected chi connectivity index (χ4v) is 1.82. The van der Waals surface area contributed by atoms with Crippen LogP contribution in [0.3, 0.4) is 0 Å². The van der Waals surface area contributed by atoms with E-state index in [1.807, 2.05) is 0 Å². The predicted molar refractivity (Wildman–Crippen MR) is 71.9 cm³/mol. The summed E-state index contributed by atoms with van der Waals surface area (Å²) in [5.74, 6) is -2.29. The van der Waals surface area contributed by atoms with E-state index >= 15 is 0 Å². The number of nitrogens with zero attached hydrogens (tertiary/aromatic N) is 2. The van der Waals surface area contributed by atoms with E-state index in [1.165, 1.54) is 24.9 Å². The van der Waals surface area contributed by atoms with Gasteiger partial charge in [0.1, 0.15) is 0 Å². The molecular formula is C12H13ClN2O5. The topological polar surface area (TPSA) is 101 Å². The number of amides is 1. The molecule has 1 N–H and O–H groups in total. The smallest absolute Gasteiger partial charge is 0.308 e. The number of aliphatic carboxylic acids is 1. The molecule has 0 aromatic heterocycles. The Morgan fingerprint density at radius 1 is 1.45 bits per heavy atom. The molecule has 1 amide bonds. The van der Waals surface area contributed by atoms with Gasteiger partial charge in [-0.3, -0.25) is 19.7 Å². The van der Waals surface area contributed by atoms with Gasteiger partial charge in [-0.25, -0.2) is 0 Å². The molecule has 0 fully saturated rings. The van der Waals surface area contributed by atoms with Crippen molar-refractivity contribution in [3.8, 4) is 0 Å². The number of carbonyl (C=O) groups excluding carboxylic acids is 1. The molecule has 1 atom stereocenters. The van der Waals surface area contributed by atoms with Gasteiger partial charge in [-0.1, -0.05) is 18.5 Å². The number of carboxylic acids is 1. The maximum Gasteiger partial charge on any atom is 0.308 e. The summed E-state index contributed by atoms with van der Waals surface area (Å²) >= 11 is 5.73. The van der Waals surface area contributed by atoms with Crippen molar-refractivity contribution in [3.63, 3.8) is 0 Å². The van der Waals surface area contributed by atoms with Crippen LogP contribution >= 0.6 is 11.6 Å². The van der Waals surface area contributed by atoms with E-state index in [4.69, 9.17) is 16.7 Å². The average molecular weight is 301 g/mol. The van der Waals surface area contributed by atoms with Gasteiger partial charge in [-0.05, 0) is 6.07 Å². The maximum absolute atomic E-state index is 12.1. The van der Waals surface area contributed by atoms with Crippen molar-refractivity contribution in [2.75, 3.05) is 13.6 Å². The summed E-state index contributed by atoms with van der Waals surface area (Å²) in [6.45, 7) is 1.46. The van der Waals surface area contributed by atoms with Crippen molar-refractivity contribution in [1.29, 1.82) is 0 Å². The first-order valence-corrected chi connectivity index (χ1v) is 6.03. The number of rotatable bonds is 5. The average Bonchev–Trinajstić information content (AvgIpc) is 2.36. The second-order valence-corrected chi connectivity index (χ2v) is 4.82. The van der Waals surface area contributed by atoms with Crippen LogP contribution in [0.2, 0.25) is 5.02 Å². The molecule has 108 valence electrons. The number of carboxylic acid groups (broad SMARTS) is 1. The first kappa shape index (κ1) is 15.9. The van der Waals surface area contributed by atoms with E-state index in [0.29, 0.717) is 0 Å². The van der Waals surface area contributed by atoms with E-state index in [1.54, 1.807) is 0 Å². The van der Waals surface area contributed by atoms with Crippen LogP contribution in [0.1, 0.15) is 17.3 Å². The molecule has 0 aliphatic heterocycles. The van der Waals surface area contributed by atoms with Gasteiger partial charge in [0.2, 0.25) is 0 Å². The minimum Gasteiger partial charge on any atom is -0.481 e. The van der Waals surface area contributed by atoms with E-state index in [-0.39, 0.29) is 22.8 Å². The Bertz CT molecular complexity index is 561. The Morgan fingerprint density at radius 3 is 2.55 bits per heavy atom. The number of non-ortho nitro benzene ring substituents is 1. The molecule has 0 saturated heterocycles. The number of hydrogen-bond acceptors (Lipinski definition) is 4. The largest absolute Gasteiger partial charge is 0.481 e. The Labute approximate surface area is 119 Å². The first-order chi connectivity index (χ1) is 9.22. The number of carbonyl (C=O) groups is 2. The highest BCUT2D eigenvalue weighted by atomic mass is 35.5. The van der Waals surface area contributed by atoms with Crippen LogP contribution in [0, 0.1) is 16.0 Å². The molecule has 0 spiro atoms. The van der Waals surface area contributed by atoms with Crippen molar-refractivity contribution in [2.24, 2.45) is 5.92 Å². The highest BCUT2D eigenvalue weighted by molar-refractivity contribution is 6.31. The van der Waals surface area contributed by atoms with Gasteiger partial charge in [0.15, 0.2) is 0 Å². The third-order valence-electron chi connectivity index (χ3n) is 2.66. The van der Waals surface area contributed by atoms with E-state index in [0.717, 1.165) is 12.1 Å². The molecule has 1 aromatic rings. The Balaban J connectivity index is 2.97. The van der Waals surface area contributed by atoms with Crippen molar-refractivity contribution >= 4 is 29.2 Å². The molecule has 7 nitrogen and oxygen atoms in total. The molecule has 0 bridgehead atoms. The number of halogens is 1. The van der Waals surface area contributed by atoms with Gasteiger partial charge < -0.3 is 10.0 Å². The monoisotopic (exact) mass is 300 g/mol. The zero-order valence-corrected chi connectivity index (χ0v) is 11.6. The van der Waals surface area contributed by atoms with Crippen LogP contribution in [-0.4, -0.2) is 40.4 Å². The van der Waals surface area contributed by atoms with Crippen LogP contribution in [-0.2, 0) is 4.79 Å². The molecule has 0 aliphatic carbocycles. The van der Waals surface area contributed by atoms with Crippen molar-refractivity contribution in [3.05, 3.63) is 38.9 Å². The molecular weight excluding hydrogens is 288 g/mol. The zero-order chi connectivity index (χ0) is 15.4. The fourth-order valence-electron chi connectivity index (χ4n) is 1.60. The summed E-state index contributed by atoms with van der Waals surface area (Å²) in [7, 11) is 1.43. The lowest BCUT2D eigenvalue weighted by molar-refractivity contribution is -0.384. The second-order valence-electron chi connectivity index (χ2n) is 4.38. The Morgan fingerprint density at radius 2 is 2.05 bits per heavy atom. The Hall–Kier alpha value is -2.15. The highest BCUT2D eigenvalue weighted by Crippen LogP contribution is 2.21. The number of nitro benzene ring substituents is 1. The van der Waals surface area contributed by atoms with Crippen LogP contribution in [0.5, 0.6) is 0 Å². The minimum absolute atomic E-state index is 0.00548. The summed E-state index contributed by atoms with van der Waals surface area (Å²) in [6, 6.07) is 3.55. The van der Waals surface area contributed by atoms with Crippen LogP contribution < -0.4 is 0 Å². The molecule has 0 saturated carbocycles. The van der Waals surface area contributed by atoms with Crippen molar-refractivity contribution < 1.29 is 19.6 Å². The predicted octanol–water partition coefficient (Wildman–Crippen LogP) is 2.04. The molecule has 0 radical (unpaired) electrons. The lowest BCUT2D eigenvalue weighted by atomic mass is 10.1. The standard InChI is InChI=1S/C12H13ClN2O5/c1-7(12(17)18)6-14(2)11(16)8-3-9(13)5-10(4-8)15(19)20/h3-5,7H,6H2,1-2H3,(H,17,18). The quantitative estimate of drug-likeness (QED) is 0.662. The van der Waals surface area contributed by atoms with Crippen molar-refractivity contribution in [1.82, 2.24) is 4.90 Å². The van der Waals surface area contributed by atoms with E-state index in [9.17, 15) is 19.7 Å². The third kappa shape index (κ3) is 3.92. The summed E-state index contributed by atoms with van der Waals surface area (Å²) in [6.07, 6.45) is 0. The molecule has 20 heavy (non-hydrogen) atoms. The molecule has 1 rings (SSSR count). The zero-order valence-electron chi connectivity index (χ0n) is 10.9. The van der Waals surface area contributed by atoms with Gasteiger partial charge in [0.25, 0.3) is 11.6 Å². The van der Waals surface area contributed by atoms with Crippen LogP contribution in [0.4, 0.5) is 5.69 Å². The lowest BCUT2D eigenvalue weighted by Gasteiger charge is -2.19. The van der Waals surface area contributed by atoms with Gasteiger partial charge in [0, 0.05) is 36.3 Å². The Kier molecular flexibility index (Phi) is 5.04. The number of hydrogen-bond donors (Lipinski definition) is 1. The van der Waals surface area contributed by atoms with Gasteiger partial charge >= 0.3 is 5.97 Å². The number of benzene rings is 1. The summed E-state index contributed by atoms with van der Waals surface area (Å²) < 4.78 is 0. The first-order valence-electron chi connectivity index (χ1n) is 5.65. The van der Waals surface area contributed by atoms with Gasteiger partial charge in [-0.2, -0.15) is 0 Å². The van der Waals surface area contributed by atoms with Crippen LogP contribution in [0.15, 0.2) is 18.2 Å². The fraction of sp³-hybridized carbons (Fsp3) is 0.333. The summed E-state index contributed by atoms with van der Waals surface area (Å²) in [5.41, 5.74) is -0.246. The van der Waals surface area contributed by atoms with E-state index < -0.39 is 22.7 Å². The molecule has 0 aliphatic rings. The summed E-state index contributed by atoms with van der Waals surface area (Å²) in [4.78, 5) is 34.1. The maximum atomic E-state index is 12.1. The summed E-state index contributed by atoms with van der Waals surface area (Å²) in [5, 5.41) is 19.6. The minimum atomic E-state index is -1.03. The second kappa shape index (κ2) is 6.33. The molecule has 1 aromatic carbocycles. The number of nitro groups is 1. The lowest BCUT2D eigenvalue weighted by Crippen LogP contribution is -2.33. The van der Waals surface area contributed by atoms with Crippen LogP contribution in [0.25, 0.3) is 0 Å². The van der Waals surface area contributed by atoms with Gasteiger partial charge in [-0.15, -0.1) is 0 Å². The normalized spacial score (nSPS) is 11.8. The molecule has 8 heteroatoms. The highest BCUT2D eigenvalue weighted by Gasteiger charge is 2.20. The SMILES string of the molecule is CC(CN(C)C(=O)c1cc(Cl)cc([N+](=O)[O-])c1)C(=O)O.